The van der Waals surface area contributed by atoms with Gasteiger partial charge < -0.3 is 14.2 Å². The molecule has 1 aromatic carbocycles. The van der Waals surface area contributed by atoms with Crippen LogP contribution in [0.3, 0.4) is 0 Å². The minimum Gasteiger partial charge on any atom is -0.496 e. The third kappa shape index (κ3) is 3.26. The van der Waals surface area contributed by atoms with Gasteiger partial charge in [-0.2, -0.15) is 0 Å². The van der Waals surface area contributed by atoms with Crippen molar-refractivity contribution < 1.29 is 19.0 Å². The smallest absolute Gasteiger partial charge is 0.241 e. The third-order valence-electron chi connectivity index (χ3n) is 3.73. The van der Waals surface area contributed by atoms with Crippen molar-refractivity contribution >= 4 is 34.2 Å². The first-order chi connectivity index (χ1) is 11.0. The van der Waals surface area contributed by atoms with Crippen LogP contribution in [0.4, 0.5) is 0 Å². The Morgan fingerprint density at radius 2 is 2.09 bits per heavy atom. The number of hydrogen-bond donors (Lipinski definition) is 0. The highest BCUT2D eigenvalue weighted by atomic mass is 32.2. The van der Waals surface area contributed by atoms with Crippen LogP contribution >= 0.6 is 24.0 Å². The minimum atomic E-state index is -0.212. The van der Waals surface area contributed by atoms with Gasteiger partial charge >= 0.3 is 0 Å². The fourth-order valence-electron chi connectivity index (χ4n) is 2.67. The lowest BCUT2D eigenvalue weighted by molar-refractivity contribution is -0.126. The van der Waals surface area contributed by atoms with E-state index < -0.39 is 0 Å². The Morgan fingerprint density at radius 1 is 1.39 bits per heavy atom. The van der Waals surface area contributed by atoms with E-state index in [1.54, 1.807) is 12.0 Å². The van der Waals surface area contributed by atoms with Crippen LogP contribution in [0.25, 0.3) is 0 Å². The van der Waals surface area contributed by atoms with Crippen molar-refractivity contribution in [1.29, 1.82) is 0 Å². The van der Waals surface area contributed by atoms with Crippen LogP contribution in [-0.4, -0.2) is 40.8 Å². The molecule has 0 aliphatic carbocycles. The summed E-state index contributed by atoms with van der Waals surface area (Å²) in [4.78, 5) is 14.3. The topological polar surface area (TPSA) is 48.0 Å². The molecular formula is C16H19NO4S2. The third-order valence-corrected chi connectivity index (χ3v) is 5.32. The molecule has 7 heteroatoms. The molecule has 3 rings (SSSR count). The number of thiocarbonyl (C=S) groups is 1. The van der Waals surface area contributed by atoms with Crippen LogP contribution in [0.2, 0.25) is 0 Å². The van der Waals surface area contributed by atoms with Crippen LogP contribution in [0.15, 0.2) is 12.1 Å². The first-order valence-corrected chi connectivity index (χ1v) is 8.77. The van der Waals surface area contributed by atoms with E-state index in [1.165, 1.54) is 11.8 Å². The van der Waals surface area contributed by atoms with Gasteiger partial charge in [-0.1, -0.05) is 37.8 Å². The number of carbonyl (C=O) groups excluding carboxylic acids is 1. The number of nitrogens with zero attached hydrogens (tertiary/aromatic N) is 1. The summed E-state index contributed by atoms with van der Waals surface area (Å²) < 4.78 is 16.9. The van der Waals surface area contributed by atoms with Crippen molar-refractivity contribution in [1.82, 2.24) is 4.90 Å². The molecule has 5 nitrogen and oxygen atoms in total. The summed E-state index contributed by atoms with van der Waals surface area (Å²) in [5.74, 6) is 2.53. The van der Waals surface area contributed by atoms with E-state index in [0.29, 0.717) is 40.5 Å². The maximum atomic E-state index is 12.6. The monoisotopic (exact) mass is 353 g/mol. The number of hydrogen-bond acceptors (Lipinski definition) is 6. The van der Waals surface area contributed by atoms with Gasteiger partial charge in [0.05, 0.1) is 12.4 Å². The Labute approximate surface area is 145 Å². The van der Waals surface area contributed by atoms with E-state index in [9.17, 15) is 4.79 Å². The number of amides is 1. The largest absolute Gasteiger partial charge is 0.496 e. The molecule has 1 amide bonds. The molecule has 0 unspecified atom stereocenters. The summed E-state index contributed by atoms with van der Waals surface area (Å²) in [5.41, 5.74) is 0.928. The highest BCUT2D eigenvalue weighted by Gasteiger charge is 2.37. The van der Waals surface area contributed by atoms with E-state index in [2.05, 4.69) is 13.8 Å². The average Bonchev–Trinajstić information content (AvgIpc) is 3.06. The maximum absolute atomic E-state index is 12.6. The zero-order valence-corrected chi connectivity index (χ0v) is 15.0. The fourth-order valence-corrected chi connectivity index (χ4v) is 4.21. The van der Waals surface area contributed by atoms with Gasteiger partial charge in [0.15, 0.2) is 11.5 Å². The molecule has 23 heavy (non-hydrogen) atoms. The highest BCUT2D eigenvalue weighted by molar-refractivity contribution is 8.24. The normalized spacial score (nSPS) is 19.8. The van der Waals surface area contributed by atoms with Crippen molar-refractivity contribution in [2.75, 3.05) is 20.4 Å². The zero-order chi connectivity index (χ0) is 16.6. The molecule has 0 bridgehead atoms. The molecule has 0 radical (unpaired) electrons. The van der Waals surface area contributed by atoms with E-state index in [4.69, 9.17) is 26.4 Å². The second kappa shape index (κ2) is 6.57. The lowest BCUT2D eigenvalue weighted by Crippen LogP contribution is -2.34. The second-order valence-corrected chi connectivity index (χ2v) is 7.77. The van der Waals surface area contributed by atoms with E-state index >= 15 is 0 Å². The van der Waals surface area contributed by atoms with Gasteiger partial charge in [-0.3, -0.25) is 9.69 Å². The lowest BCUT2D eigenvalue weighted by Gasteiger charge is -2.18. The molecule has 0 saturated carbocycles. The Bertz CT molecular complexity index is 647. The second-order valence-electron chi connectivity index (χ2n) is 5.94. The standard InChI is InChI=1S/C16H19NO4S2/c1-9(2)7-17-15(18)14(23-16(17)22)5-10-4-12-13(21-8-20-12)6-11(10)19-3/h4,6,9,14H,5,7-8H2,1-3H3/t14-/m0/s1. The quantitative estimate of drug-likeness (QED) is 0.759. The average molecular weight is 353 g/mol. The molecular weight excluding hydrogens is 334 g/mol. The molecule has 2 heterocycles. The predicted octanol–water partition coefficient (Wildman–Crippen LogP) is 2.85. The Hall–Kier alpha value is -1.47. The fraction of sp³-hybridized carbons (Fsp3) is 0.500. The highest BCUT2D eigenvalue weighted by Crippen LogP contribution is 2.40. The van der Waals surface area contributed by atoms with Gasteiger partial charge in [-0.25, -0.2) is 0 Å². The summed E-state index contributed by atoms with van der Waals surface area (Å²) >= 11 is 6.81. The van der Waals surface area contributed by atoms with Gasteiger partial charge in [0, 0.05) is 12.6 Å². The van der Waals surface area contributed by atoms with Crippen LogP contribution < -0.4 is 14.2 Å². The van der Waals surface area contributed by atoms with Crippen molar-refractivity contribution in [3.05, 3.63) is 17.7 Å². The first kappa shape index (κ1) is 16.4. The summed E-state index contributed by atoms with van der Waals surface area (Å²) in [6, 6.07) is 3.70. The Balaban J connectivity index is 1.80. The van der Waals surface area contributed by atoms with Crippen molar-refractivity contribution in [2.24, 2.45) is 5.92 Å². The Morgan fingerprint density at radius 3 is 2.74 bits per heavy atom. The molecule has 0 aromatic heterocycles. The van der Waals surface area contributed by atoms with Crippen molar-refractivity contribution in [3.63, 3.8) is 0 Å². The number of thioether (sulfide) groups is 1. The molecule has 124 valence electrons. The number of ether oxygens (including phenoxy) is 3. The lowest BCUT2D eigenvalue weighted by atomic mass is 10.1. The van der Waals surface area contributed by atoms with Crippen LogP contribution in [0.1, 0.15) is 19.4 Å². The molecule has 1 atom stereocenters. The molecule has 1 fully saturated rings. The number of carbonyl (C=O) groups is 1. The molecule has 2 aliphatic rings. The number of fused-ring (bicyclic) bond motifs is 1. The van der Waals surface area contributed by atoms with E-state index in [1.807, 2.05) is 12.1 Å². The molecule has 2 aliphatic heterocycles. The van der Waals surface area contributed by atoms with E-state index in [0.717, 1.165) is 5.56 Å². The number of rotatable bonds is 5. The Kier molecular flexibility index (Phi) is 4.68. The van der Waals surface area contributed by atoms with E-state index in [-0.39, 0.29) is 18.0 Å². The zero-order valence-electron chi connectivity index (χ0n) is 13.3. The van der Waals surface area contributed by atoms with Crippen LogP contribution in [0, 0.1) is 5.92 Å². The summed E-state index contributed by atoms with van der Waals surface area (Å²) in [7, 11) is 1.61. The van der Waals surface area contributed by atoms with Gasteiger partial charge in [0.25, 0.3) is 0 Å². The SMILES string of the molecule is COc1cc2c(cc1C[C@@H]1SC(=S)N(CC(C)C)C1=O)OCO2. The number of methoxy groups -OCH3 is 1. The van der Waals surface area contributed by atoms with Gasteiger partial charge in [-0.05, 0) is 24.0 Å². The van der Waals surface area contributed by atoms with Gasteiger partial charge in [0.2, 0.25) is 12.7 Å². The van der Waals surface area contributed by atoms with Crippen molar-refractivity contribution in [2.45, 2.75) is 25.5 Å². The van der Waals surface area contributed by atoms with Crippen molar-refractivity contribution in [3.8, 4) is 17.2 Å². The predicted molar refractivity (Wildman–Crippen MR) is 93.3 cm³/mol. The minimum absolute atomic E-state index is 0.0772. The van der Waals surface area contributed by atoms with Gasteiger partial charge in [0.1, 0.15) is 10.1 Å². The van der Waals surface area contributed by atoms with Gasteiger partial charge in [-0.15, -0.1) is 0 Å². The molecule has 0 spiro atoms. The first-order valence-electron chi connectivity index (χ1n) is 7.48. The summed E-state index contributed by atoms with van der Waals surface area (Å²) in [6.07, 6.45) is 0.554. The maximum Gasteiger partial charge on any atom is 0.241 e. The summed E-state index contributed by atoms with van der Waals surface area (Å²) in [5, 5.41) is -0.212. The van der Waals surface area contributed by atoms with Crippen LogP contribution in [0.5, 0.6) is 17.2 Å². The van der Waals surface area contributed by atoms with Crippen LogP contribution in [-0.2, 0) is 11.2 Å². The molecule has 1 saturated heterocycles. The molecule has 0 N–H and O–H groups in total. The summed E-state index contributed by atoms with van der Waals surface area (Å²) in [6.45, 7) is 5.04. The molecule has 1 aromatic rings. The number of benzene rings is 1.